The second-order valence-electron chi connectivity index (χ2n) is 6.56. The van der Waals surface area contributed by atoms with Crippen molar-refractivity contribution in [1.29, 1.82) is 0 Å². The van der Waals surface area contributed by atoms with E-state index in [1.54, 1.807) is 33.5 Å². The Bertz CT molecular complexity index is 1240. The van der Waals surface area contributed by atoms with Crippen LogP contribution >= 0.6 is 11.8 Å². The Hall–Kier alpha value is -3.79. The molecule has 0 fully saturated rings. The van der Waals surface area contributed by atoms with Crippen LogP contribution in [0.15, 0.2) is 63.1 Å². The Labute approximate surface area is 187 Å². The van der Waals surface area contributed by atoms with Crippen LogP contribution in [-0.4, -0.2) is 41.4 Å². The second kappa shape index (κ2) is 9.56. The average molecular weight is 452 g/mol. The van der Waals surface area contributed by atoms with Crippen molar-refractivity contribution in [3.63, 3.8) is 0 Å². The highest BCUT2D eigenvalue weighted by Gasteiger charge is 2.18. The number of hydrogen-bond acceptors (Lipinski definition) is 9. The quantitative estimate of drug-likeness (QED) is 0.315. The third kappa shape index (κ3) is 4.59. The van der Waals surface area contributed by atoms with Gasteiger partial charge in [0.05, 0.1) is 21.3 Å². The van der Waals surface area contributed by atoms with Crippen LogP contribution < -0.4 is 19.8 Å². The Balaban J connectivity index is 1.52. The topological polar surface area (TPSA) is 112 Å². The van der Waals surface area contributed by atoms with Crippen molar-refractivity contribution in [2.24, 2.45) is 0 Å². The molecule has 1 N–H and O–H groups in total. The minimum Gasteiger partial charge on any atom is -0.493 e. The summed E-state index contributed by atoms with van der Waals surface area (Å²) >= 11 is 1.45. The number of ether oxygens (including phenoxy) is 3. The fourth-order valence-corrected chi connectivity index (χ4v) is 3.79. The molecular weight excluding hydrogens is 432 g/mol. The molecule has 9 nitrogen and oxygen atoms in total. The van der Waals surface area contributed by atoms with Gasteiger partial charge in [0.2, 0.25) is 11.6 Å². The van der Waals surface area contributed by atoms with Crippen LogP contribution in [0.5, 0.6) is 17.2 Å². The first-order valence-electron chi connectivity index (χ1n) is 9.52. The van der Waals surface area contributed by atoms with Gasteiger partial charge in [0.1, 0.15) is 0 Å². The number of H-pyrrole nitrogens is 1. The molecule has 0 aliphatic rings. The Morgan fingerprint density at radius 1 is 0.969 bits per heavy atom. The lowest BCUT2D eigenvalue weighted by Crippen LogP contribution is -2.05. The third-order valence-electron chi connectivity index (χ3n) is 4.57. The van der Waals surface area contributed by atoms with Gasteiger partial charge in [0, 0.05) is 29.1 Å². The summed E-state index contributed by atoms with van der Waals surface area (Å²) in [7, 11) is 4.65. The normalized spacial score (nSPS) is 10.7. The molecule has 0 atom stereocenters. The first-order chi connectivity index (χ1) is 15.6. The number of nitrogens with one attached hydrogen (secondary N) is 1. The summed E-state index contributed by atoms with van der Waals surface area (Å²) in [5, 5.41) is 4.67. The van der Waals surface area contributed by atoms with Gasteiger partial charge in [-0.1, -0.05) is 29.1 Å². The molecule has 0 aliphatic carbocycles. The van der Waals surface area contributed by atoms with Crippen LogP contribution in [0.25, 0.3) is 22.8 Å². The maximum Gasteiger partial charge on any atom is 0.258 e. The molecule has 2 heterocycles. The minimum atomic E-state index is -0.169. The fraction of sp³-hybridized carbons (Fsp3) is 0.182. The zero-order chi connectivity index (χ0) is 22.5. The van der Waals surface area contributed by atoms with E-state index < -0.39 is 0 Å². The van der Waals surface area contributed by atoms with Gasteiger partial charge in [-0.3, -0.25) is 4.79 Å². The molecule has 2 aromatic carbocycles. The molecule has 0 spiro atoms. The first-order valence-corrected chi connectivity index (χ1v) is 10.5. The maximum atomic E-state index is 11.4. The molecular formula is C22H20N4O5S. The van der Waals surface area contributed by atoms with Gasteiger partial charge in [-0.15, -0.1) is 0 Å². The third-order valence-corrected chi connectivity index (χ3v) is 5.53. The molecule has 0 saturated carbocycles. The number of thioether (sulfide) groups is 1. The van der Waals surface area contributed by atoms with Crippen LogP contribution in [0.2, 0.25) is 0 Å². The van der Waals surface area contributed by atoms with Crippen molar-refractivity contribution in [2.45, 2.75) is 10.9 Å². The van der Waals surface area contributed by atoms with Crippen LogP contribution in [0.1, 0.15) is 5.56 Å². The Kier molecular flexibility index (Phi) is 6.41. The number of nitrogens with zero attached hydrogens (tertiary/aromatic N) is 3. The summed E-state index contributed by atoms with van der Waals surface area (Å²) in [6.07, 6.45) is 1.49. The van der Waals surface area contributed by atoms with Crippen molar-refractivity contribution in [1.82, 2.24) is 20.1 Å². The van der Waals surface area contributed by atoms with Gasteiger partial charge >= 0.3 is 0 Å². The van der Waals surface area contributed by atoms with Gasteiger partial charge in [-0.2, -0.15) is 4.98 Å². The number of hydrogen-bond donors (Lipinski definition) is 1. The van der Waals surface area contributed by atoms with E-state index in [0.29, 0.717) is 45.4 Å². The summed E-state index contributed by atoms with van der Waals surface area (Å²) in [5.41, 5.74) is 2.36. The fourth-order valence-electron chi connectivity index (χ4n) is 2.99. The summed E-state index contributed by atoms with van der Waals surface area (Å²) in [5.74, 6) is 2.95. The van der Waals surface area contributed by atoms with E-state index in [4.69, 9.17) is 18.7 Å². The molecule has 164 valence electrons. The largest absolute Gasteiger partial charge is 0.493 e. The minimum absolute atomic E-state index is 0.169. The molecule has 4 aromatic rings. The average Bonchev–Trinajstić information content (AvgIpc) is 3.32. The van der Waals surface area contributed by atoms with E-state index >= 15 is 0 Å². The standard InChI is InChI=1S/C22H20N4O5S/c1-28-16-10-15(11-17(29-2)19(16)30-3)20-25-21(31-26-20)14-6-4-13(5-7-14)12-32-22-23-9-8-18(27)24-22/h4-11H,12H2,1-3H3,(H,23,24,27). The predicted molar refractivity (Wildman–Crippen MR) is 119 cm³/mol. The van der Waals surface area contributed by atoms with Crippen LogP contribution in [0.4, 0.5) is 0 Å². The molecule has 0 amide bonds. The van der Waals surface area contributed by atoms with E-state index in [9.17, 15) is 4.79 Å². The predicted octanol–water partition coefficient (Wildman–Crippen LogP) is 3.81. The van der Waals surface area contributed by atoms with E-state index in [2.05, 4.69) is 20.1 Å². The van der Waals surface area contributed by atoms with Gasteiger partial charge in [-0.25, -0.2) is 4.98 Å². The second-order valence-corrected chi connectivity index (χ2v) is 7.53. The first kappa shape index (κ1) is 21.4. The smallest absolute Gasteiger partial charge is 0.258 e. The van der Waals surface area contributed by atoms with Crippen LogP contribution in [0.3, 0.4) is 0 Å². The van der Waals surface area contributed by atoms with E-state index in [1.807, 2.05) is 24.3 Å². The lowest BCUT2D eigenvalue weighted by molar-refractivity contribution is 0.324. The van der Waals surface area contributed by atoms with Crippen LogP contribution in [-0.2, 0) is 5.75 Å². The summed E-state index contributed by atoms with van der Waals surface area (Å²) in [6.45, 7) is 0. The number of benzene rings is 2. The number of methoxy groups -OCH3 is 3. The van der Waals surface area contributed by atoms with Crippen molar-refractivity contribution in [2.75, 3.05) is 21.3 Å². The van der Waals surface area contributed by atoms with E-state index in [1.165, 1.54) is 24.0 Å². The van der Waals surface area contributed by atoms with Crippen LogP contribution in [0, 0.1) is 0 Å². The zero-order valence-electron chi connectivity index (χ0n) is 17.6. The van der Waals surface area contributed by atoms with Gasteiger partial charge in [-0.05, 0) is 29.8 Å². The highest BCUT2D eigenvalue weighted by atomic mass is 32.2. The molecule has 4 rings (SSSR count). The Morgan fingerprint density at radius 3 is 2.31 bits per heavy atom. The lowest BCUT2D eigenvalue weighted by atomic mass is 10.1. The lowest BCUT2D eigenvalue weighted by Gasteiger charge is -2.12. The zero-order valence-corrected chi connectivity index (χ0v) is 18.4. The van der Waals surface area contributed by atoms with Crippen molar-refractivity contribution in [3.05, 3.63) is 64.6 Å². The molecule has 0 saturated heterocycles. The monoisotopic (exact) mass is 452 g/mol. The van der Waals surface area contributed by atoms with Crippen molar-refractivity contribution < 1.29 is 18.7 Å². The maximum absolute atomic E-state index is 11.4. The van der Waals surface area contributed by atoms with Crippen molar-refractivity contribution in [3.8, 4) is 40.1 Å². The van der Waals surface area contributed by atoms with Crippen molar-refractivity contribution >= 4 is 11.8 Å². The Morgan fingerprint density at radius 2 is 1.69 bits per heavy atom. The molecule has 0 unspecified atom stereocenters. The van der Waals surface area contributed by atoms with E-state index in [-0.39, 0.29) is 5.56 Å². The highest BCUT2D eigenvalue weighted by Crippen LogP contribution is 2.40. The molecule has 10 heteroatoms. The van der Waals surface area contributed by atoms with Gasteiger partial charge < -0.3 is 23.7 Å². The highest BCUT2D eigenvalue weighted by molar-refractivity contribution is 7.98. The summed E-state index contributed by atoms with van der Waals surface area (Å²) in [6, 6.07) is 12.7. The molecule has 0 aliphatic heterocycles. The number of rotatable bonds is 8. The number of aromatic amines is 1. The summed E-state index contributed by atoms with van der Waals surface area (Å²) in [4.78, 5) is 22.7. The summed E-state index contributed by atoms with van der Waals surface area (Å²) < 4.78 is 21.6. The van der Waals surface area contributed by atoms with E-state index in [0.717, 1.165) is 11.1 Å². The molecule has 0 bridgehead atoms. The molecule has 0 radical (unpaired) electrons. The van der Waals surface area contributed by atoms with Gasteiger partial charge in [0.15, 0.2) is 16.7 Å². The molecule has 32 heavy (non-hydrogen) atoms. The SMILES string of the molecule is COc1cc(-c2noc(-c3ccc(CSc4nccc(=O)[nH]4)cc3)n2)cc(OC)c1OC. The molecule has 2 aromatic heterocycles. The van der Waals surface area contributed by atoms with Gasteiger partial charge in [0.25, 0.3) is 11.4 Å². The number of aromatic nitrogens is 4.